The molecule has 0 radical (unpaired) electrons. The van der Waals surface area contributed by atoms with Crippen molar-refractivity contribution in [1.82, 2.24) is 4.90 Å². The number of methoxy groups -OCH3 is 1. The number of rotatable bonds is 4. The number of Topliss-reactive ketones (excluding diaryl/α,β-unsaturated/α-hetero) is 1. The van der Waals surface area contributed by atoms with Crippen LogP contribution < -0.4 is 0 Å². The van der Waals surface area contributed by atoms with Crippen molar-refractivity contribution in [3.05, 3.63) is 12.2 Å². The normalized spacial score (nSPS) is 26.0. The van der Waals surface area contributed by atoms with Crippen molar-refractivity contribution < 1.29 is 14.3 Å². The highest BCUT2D eigenvalue weighted by molar-refractivity contribution is 5.84. The lowest BCUT2D eigenvalue weighted by Gasteiger charge is -1.94. The number of carbonyl (C=O) groups is 2. The molecule has 0 amide bonds. The fraction of sp³-hybridized carbons (Fsp3) is 0.556. The van der Waals surface area contributed by atoms with Gasteiger partial charge in [-0.05, 0) is 6.92 Å². The van der Waals surface area contributed by atoms with E-state index in [9.17, 15) is 9.59 Å². The zero-order valence-electron chi connectivity index (χ0n) is 7.82. The molecule has 0 aromatic rings. The molecule has 4 nitrogen and oxygen atoms in total. The summed E-state index contributed by atoms with van der Waals surface area (Å²) in [4.78, 5) is 23.4. The quantitative estimate of drug-likeness (QED) is 0.349. The van der Waals surface area contributed by atoms with Gasteiger partial charge in [-0.3, -0.25) is 9.69 Å². The number of hydrogen-bond acceptors (Lipinski definition) is 4. The first kappa shape index (κ1) is 9.92. The van der Waals surface area contributed by atoms with E-state index >= 15 is 0 Å². The van der Waals surface area contributed by atoms with Gasteiger partial charge in [-0.1, -0.05) is 6.08 Å². The average molecular weight is 183 g/mol. The molecule has 2 atom stereocenters. The average Bonchev–Trinajstić information content (AvgIpc) is 2.83. The number of esters is 1. The molecule has 72 valence electrons. The summed E-state index contributed by atoms with van der Waals surface area (Å²) < 4.78 is 4.42. The van der Waals surface area contributed by atoms with Gasteiger partial charge >= 0.3 is 5.97 Å². The summed E-state index contributed by atoms with van der Waals surface area (Å²) in [6, 6.07) is 0.0716. The first-order valence-electron chi connectivity index (χ1n) is 4.14. The van der Waals surface area contributed by atoms with Gasteiger partial charge in [0.1, 0.15) is 5.78 Å². The summed E-state index contributed by atoms with van der Waals surface area (Å²) in [5.41, 5.74) is 0. The highest BCUT2D eigenvalue weighted by Gasteiger charge is 2.36. The molecule has 0 N–H and O–H groups in total. The van der Waals surface area contributed by atoms with Crippen molar-refractivity contribution >= 4 is 11.8 Å². The van der Waals surface area contributed by atoms with E-state index in [0.717, 1.165) is 6.54 Å². The van der Waals surface area contributed by atoms with Crippen LogP contribution in [0.4, 0.5) is 0 Å². The molecule has 4 heteroatoms. The van der Waals surface area contributed by atoms with Crippen molar-refractivity contribution in [1.29, 1.82) is 0 Å². The van der Waals surface area contributed by atoms with E-state index in [4.69, 9.17) is 0 Å². The van der Waals surface area contributed by atoms with Crippen molar-refractivity contribution in [3.63, 3.8) is 0 Å². The van der Waals surface area contributed by atoms with Gasteiger partial charge in [-0.25, -0.2) is 4.79 Å². The largest absolute Gasteiger partial charge is 0.466 e. The van der Waals surface area contributed by atoms with Crippen LogP contribution in [0.25, 0.3) is 0 Å². The van der Waals surface area contributed by atoms with Gasteiger partial charge in [-0.15, -0.1) is 0 Å². The minimum atomic E-state index is -0.360. The van der Waals surface area contributed by atoms with E-state index in [2.05, 4.69) is 4.74 Å². The van der Waals surface area contributed by atoms with Crippen LogP contribution in [-0.2, 0) is 14.3 Å². The Hall–Kier alpha value is -1.16. The summed E-state index contributed by atoms with van der Waals surface area (Å²) in [5, 5.41) is 0. The van der Waals surface area contributed by atoms with E-state index in [0.29, 0.717) is 6.54 Å². The van der Waals surface area contributed by atoms with Gasteiger partial charge < -0.3 is 4.74 Å². The molecule has 1 saturated heterocycles. The summed E-state index contributed by atoms with van der Waals surface area (Å²) in [7, 11) is 1.34. The van der Waals surface area contributed by atoms with Gasteiger partial charge in [0.25, 0.3) is 0 Å². The van der Waals surface area contributed by atoms with Crippen LogP contribution in [-0.4, -0.2) is 42.9 Å². The van der Waals surface area contributed by atoms with Crippen molar-refractivity contribution in [2.24, 2.45) is 0 Å². The van der Waals surface area contributed by atoms with E-state index in [-0.39, 0.29) is 17.8 Å². The predicted molar refractivity (Wildman–Crippen MR) is 47.2 cm³/mol. The predicted octanol–water partition coefficient (Wildman–Crippen LogP) is -0.0112. The topological polar surface area (TPSA) is 46.4 Å². The van der Waals surface area contributed by atoms with Gasteiger partial charge in [0, 0.05) is 19.2 Å². The van der Waals surface area contributed by atoms with Crippen LogP contribution in [0.2, 0.25) is 0 Å². The molecule has 0 aromatic carbocycles. The molecule has 1 rings (SSSR count). The van der Waals surface area contributed by atoms with Gasteiger partial charge in [-0.2, -0.15) is 0 Å². The van der Waals surface area contributed by atoms with Crippen molar-refractivity contribution in [2.75, 3.05) is 20.2 Å². The fourth-order valence-corrected chi connectivity index (χ4v) is 1.11. The maximum atomic E-state index is 10.8. The minimum Gasteiger partial charge on any atom is -0.466 e. The molecule has 1 aliphatic heterocycles. The van der Waals surface area contributed by atoms with Gasteiger partial charge in [0.05, 0.1) is 13.2 Å². The number of carbonyl (C=O) groups excluding carboxylic acids is 2. The highest BCUT2D eigenvalue weighted by atomic mass is 16.5. The molecule has 13 heavy (non-hydrogen) atoms. The lowest BCUT2D eigenvalue weighted by molar-refractivity contribution is -0.134. The Labute approximate surface area is 77.2 Å². The molecule has 0 spiro atoms. The van der Waals surface area contributed by atoms with Gasteiger partial charge in [0.2, 0.25) is 0 Å². The molecule has 0 aromatic heterocycles. The molecular formula is C9H13NO3. The van der Waals surface area contributed by atoms with Crippen LogP contribution in [0.5, 0.6) is 0 Å². The molecule has 0 bridgehead atoms. The third-order valence-electron chi connectivity index (χ3n) is 1.98. The SMILES string of the molecule is COC(=O)/C=C/CN1CC1C(C)=O. The Morgan fingerprint density at radius 3 is 2.77 bits per heavy atom. The zero-order chi connectivity index (χ0) is 9.84. The van der Waals surface area contributed by atoms with Crippen LogP contribution in [0.3, 0.4) is 0 Å². The summed E-state index contributed by atoms with van der Waals surface area (Å²) in [6.07, 6.45) is 3.07. The molecule has 0 saturated carbocycles. The Bertz CT molecular complexity index is 247. The molecule has 1 fully saturated rings. The monoisotopic (exact) mass is 183 g/mol. The second kappa shape index (κ2) is 4.18. The standard InChI is InChI=1S/C9H13NO3/c1-7(11)8-6-10(8)5-3-4-9(12)13-2/h3-4,8H,5-6H2,1-2H3/b4-3+. The van der Waals surface area contributed by atoms with E-state index in [1.54, 1.807) is 13.0 Å². The van der Waals surface area contributed by atoms with Crippen LogP contribution in [0, 0.1) is 0 Å². The summed E-state index contributed by atoms with van der Waals surface area (Å²) in [5.74, 6) is -0.173. The van der Waals surface area contributed by atoms with E-state index < -0.39 is 0 Å². The first-order chi connectivity index (χ1) is 6.15. The summed E-state index contributed by atoms with van der Waals surface area (Å²) >= 11 is 0. The molecule has 2 unspecified atom stereocenters. The zero-order valence-corrected chi connectivity index (χ0v) is 7.82. The molecular weight excluding hydrogens is 170 g/mol. The van der Waals surface area contributed by atoms with Crippen LogP contribution >= 0.6 is 0 Å². The third-order valence-corrected chi connectivity index (χ3v) is 1.98. The van der Waals surface area contributed by atoms with Gasteiger partial charge in [0.15, 0.2) is 0 Å². The summed E-state index contributed by atoms with van der Waals surface area (Å²) in [6.45, 7) is 3.02. The number of hydrogen-bond donors (Lipinski definition) is 0. The Kier molecular flexibility index (Phi) is 3.19. The number of ketones is 1. The maximum Gasteiger partial charge on any atom is 0.330 e. The minimum absolute atomic E-state index is 0.0716. The maximum absolute atomic E-state index is 10.8. The molecule has 1 heterocycles. The number of ether oxygens (including phenoxy) is 1. The lowest BCUT2D eigenvalue weighted by Crippen LogP contribution is -2.09. The lowest BCUT2D eigenvalue weighted by atomic mass is 10.3. The highest BCUT2D eigenvalue weighted by Crippen LogP contribution is 2.16. The Morgan fingerprint density at radius 2 is 2.31 bits per heavy atom. The van der Waals surface area contributed by atoms with Crippen LogP contribution in [0.1, 0.15) is 6.92 Å². The second-order valence-corrected chi connectivity index (χ2v) is 3.01. The second-order valence-electron chi connectivity index (χ2n) is 3.01. The van der Waals surface area contributed by atoms with Crippen molar-refractivity contribution in [2.45, 2.75) is 13.0 Å². The van der Waals surface area contributed by atoms with E-state index in [1.165, 1.54) is 13.2 Å². The molecule has 0 aliphatic carbocycles. The van der Waals surface area contributed by atoms with Crippen LogP contribution in [0.15, 0.2) is 12.2 Å². The molecule has 1 aliphatic rings. The Balaban J connectivity index is 2.19. The third kappa shape index (κ3) is 2.99. The van der Waals surface area contributed by atoms with Crippen molar-refractivity contribution in [3.8, 4) is 0 Å². The Morgan fingerprint density at radius 1 is 1.62 bits per heavy atom. The fourth-order valence-electron chi connectivity index (χ4n) is 1.11. The number of nitrogens with zero attached hydrogens (tertiary/aromatic N) is 1. The smallest absolute Gasteiger partial charge is 0.330 e. The van der Waals surface area contributed by atoms with E-state index in [1.807, 2.05) is 4.90 Å². The first-order valence-corrected chi connectivity index (χ1v) is 4.14.